The number of hydrogen-bond acceptors (Lipinski definition) is 6. The first-order valence-electron chi connectivity index (χ1n) is 10.0. The van der Waals surface area contributed by atoms with E-state index in [1.165, 1.54) is 40.5 Å². The standard InChI is InChI=1S/C25H17FN2O4S/c1-32-17-11-12-18-19(13-17)33-25(27-18)28-21(14-7-9-16(26)10-8-14)20(23(30)24(28)31)22(29)15-5-3-2-4-6-15/h2-13,21,30H,1H3. The highest BCUT2D eigenvalue weighted by Crippen LogP contribution is 2.44. The number of aromatic nitrogens is 1. The molecule has 0 saturated heterocycles. The van der Waals surface area contributed by atoms with E-state index in [9.17, 15) is 19.1 Å². The molecule has 0 fully saturated rings. The summed E-state index contributed by atoms with van der Waals surface area (Å²) in [5.41, 5.74) is 1.37. The fourth-order valence-electron chi connectivity index (χ4n) is 3.86. The van der Waals surface area contributed by atoms with Crippen molar-refractivity contribution in [3.63, 3.8) is 0 Å². The van der Waals surface area contributed by atoms with Gasteiger partial charge in [-0.3, -0.25) is 14.5 Å². The van der Waals surface area contributed by atoms with Crippen molar-refractivity contribution in [2.45, 2.75) is 6.04 Å². The summed E-state index contributed by atoms with van der Waals surface area (Å²) in [6.07, 6.45) is 0. The zero-order valence-corrected chi connectivity index (χ0v) is 18.2. The van der Waals surface area contributed by atoms with Gasteiger partial charge < -0.3 is 9.84 Å². The molecule has 1 aromatic heterocycles. The molecule has 1 aliphatic heterocycles. The highest BCUT2D eigenvalue weighted by atomic mass is 32.1. The molecule has 5 rings (SSSR count). The SMILES string of the molecule is COc1ccc2nc(N3C(=O)C(O)=C(C(=O)c4ccccc4)C3c3ccc(F)cc3)sc2c1. The molecule has 1 N–H and O–H groups in total. The molecule has 0 aliphatic carbocycles. The summed E-state index contributed by atoms with van der Waals surface area (Å²) in [6.45, 7) is 0. The van der Waals surface area contributed by atoms with E-state index in [1.54, 1.807) is 55.6 Å². The lowest BCUT2D eigenvalue weighted by atomic mass is 9.93. The van der Waals surface area contributed by atoms with Gasteiger partial charge in [-0.1, -0.05) is 53.8 Å². The van der Waals surface area contributed by atoms with Crippen molar-refractivity contribution in [3.05, 3.63) is 101 Å². The number of carbonyl (C=O) groups is 2. The number of methoxy groups -OCH3 is 1. The molecule has 164 valence electrons. The van der Waals surface area contributed by atoms with Crippen molar-refractivity contribution < 1.29 is 23.8 Å². The molecule has 0 saturated carbocycles. The normalized spacial score (nSPS) is 16.0. The third kappa shape index (κ3) is 3.54. The largest absolute Gasteiger partial charge is 0.503 e. The van der Waals surface area contributed by atoms with Gasteiger partial charge in [0.15, 0.2) is 16.7 Å². The molecule has 0 bridgehead atoms. The average Bonchev–Trinajstić information content (AvgIpc) is 3.37. The predicted octanol–water partition coefficient (Wildman–Crippen LogP) is 5.23. The molecule has 1 atom stereocenters. The van der Waals surface area contributed by atoms with Crippen molar-refractivity contribution in [3.8, 4) is 5.75 Å². The quantitative estimate of drug-likeness (QED) is 0.413. The monoisotopic (exact) mass is 460 g/mol. The smallest absolute Gasteiger partial charge is 0.296 e. The van der Waals surface area contributed by atoms with Crippen LogP contribution in [0.25, 0.3) is 10.2 Å². The molecule has 6 nitrogen and oxygen atoms in total. The average molecular weight is 460 g/mol. The Morgan fingerprint density at radius 3 is 2.52 bits per heavy atom. The van der Waals surface area contributed by atoms with E-state index in [2.05, 4.69) is 4.98 Å². The number of ketones is 1. The Morgan fingerprint density at radius 2 is 1.82 bits per heavy atom. The van der Waals surface area contributed by atoms with E-state index in [4.69, 9.17) is 4.74 Å². The zero-order chi connectivity index (χ0) is 23.1. The number of Topliss-reactive ketones (excluding diaryl/α,β-unsaturated/α-hetero) is 1. The lowest BCUT2D eigenvalue weighted by Crippen LogP contribution is -2.31. The molecule has 4 aromatic rings. The van der Waals surface area contributed by atoms with E-state index in [1.807, 2.05) is 0 Å². The number of rotatable bonds is 5. The molecule has 1 amide bonds. The fourth-order valence-corrected chi connectivity index (χ4v) is 4.88. The third-order valence-electron chi connectivity index (χ3n) is 5.46. The Labute approximate surface area is 192 Å². The summed E-state index contributed by atoms with van der Waals surface area (Å²) in [5, 5.41) is 11.1. The highest BCUT2D eigenvalue weighted by Gasteiger charge is 2.45. The van der Waals surface area contributed by atoms with E-state index in [0.29, 0.717) is 27.5 Å². The number of aliphatic hydroxyl groups is 1. The summed E-state index contributed by atoms with van der Waals surface area (Å²) < 4.78 is 19.7. The minimum Gasteiger partial charge on any atom is -0.503 e. The van der Waals surface area contributed by atoms with Crippen LogP contribution in [0.4, 0.5) is 9.52 Å². The number of nitrogens with zero attached hydrogens (tertiary/aromatic N) is 2. The zero-order valence-electron chi connectivity index (χ0n) is 17.4. The number of ether oxygens (including phenoxy) is 1. The van der Waals surface area contributed by atoms with Gasteiger partial charge in [0.05, 0.1) is 28.9 Å². The minimum atomic E-state index is -0.965. The first-order valence-corrected chi connectivity index (χ1v) is 10.9. The maximum atomic E-state index is 13.6. The number of amides is 1. The van der Waals surface area contributed by atoms with Crippen molar-refractivity contribution in [1.29, 1.82) is 0 Å². The third-order valence-corrected chi connectivity index (χ3v) is 6.48. The van der Waals surface area contributed by atoms with Gasteiger partial charge >= 0.3 is 0 Å². The Hall–Kier alpha value is -4.04. The highest BCUT2D eigenvalue weighted by molar-refractivity contribution is 7.22. The van der Waals surface area contributed by atoms with Crippen LogP contribution in [0, 0.1) is 5.82 Å². The van der Waals surface area contributed by atoms with Crippen LogP contribution in [0.15, 0.2) is 84.1 Å². The van der Waals surface area contributed by atoms with Gasteiger partial charge in [0, 0.05) is 5.56 Å². The Bertz CT molecular complexity index is 1410. The summed E-state index contributed by atoms with van der Waals surface area (Å²) in [5.74, 6) is -1.68. The van der Waals surface area contributed by atoms with E-state index >= 15 is 0 Å². The van der Waals surface area contributed by atoms with Crippen LogP contribution in [0.1, 0.15) is 22.0 Å². The van der Waals surface area contributed by atoms with Gasteiger partial charge in [0.1, 0.15) is 11.6 Å². The van der Waals surface area contributed by atoms with Crippen LogP contribution in [0.5, 0.6) is 5.75 Å². The van der Waals surface area contributed by atoms with Crippen LogP contribution in [0.2, 0.25) is 0 Å². The van der Waals surface area contributed by atoms with Crippen LogP contribution in [-0.4, -0.2) is 28.9 Å². The van der Waals surface area contributed by atoms with Crippen LogP contribution in [0.3, 0.4) is 0 Å². The number of thiazole rings is 1. The number of anilines is 1. The van der Waals surface area contributed by atoms with Crippen LogP contribution >= 0.6 is 11.3 Å². The molecule has 3 aromatic carbocycles. The van der Waals surface area contributed by atoms with Gasteiger partial charge in [0.25, 0.3) is 5.91 Å². The first-order chi connectivity index (χ1) is 16.0. The van der Waals surface area contributed by atoms with Crippen molar-refractivity contribution in [1.82, 2.24) is 4.98 Å². The number of fused-ring (bicyclic) bond motifs is 1. The van der Waals surface area contributed by atoms with E-state index < -0.39 is 29.3 Å². The molecule has 2 heterocycles. The number of halogens is 1. The molecule has 0 radical (unpaired) electrons. The molecule has 8 heteroatoms. The van der Waals surface area contributed by atoms with E-state index in [-0.39, 0.29) is 5.57 Å². The Balaban J connectivity index is 1.67. The predicted molar refractivity (Wildman–Crippen MR) is 123 cm³/mol. The summed E-state index contributed by atoms with van der Waals surface area (Å²) in [4.78, 5) is 32.5. The number of aliphatic hydroxyl groups excluding tert-OH is 1. The number of hydrogen-bond donors (Lipinski definition) is 1. The fraction of sp³-hybridized carbons (Fsp3) is 0.0800. The topological polar surface area (TPSA) is 79.7 Å². The Morgan fingerprint density at radius 1 is 1.09 bits per heavy atom. The second kappa shape index (κ2) is 8.14. The van der Waals surface area contributed by atoms with Gasteiger partial charge in [-0.05, 0) is 35.9 Å². The second-order valence-electron chi connectivity index (χ2n) is 7.42. The second-order valence-corrected chi connectivity index (χ2v) is 8.43. The van der Waals surface area contributed by atoms with Gasteiger partial charge in [-0.2, -0.15) is 0 Å². The maximum Gasteiger partial charge on any atom is 0.296 e. The minimum absolute atomic E-state index is 0.0744. The lowest BCUT2D eigenvalue weighted by molar-refractivity contribution is -0.117. The molecule has 1 unspecified atom stereocenters. The van der Waals surface area contributed by atoms with Crippen LogP contribution < -0.4 is 9.64 Å². The van der Waals surface area contributed by atoms with Gasteiger partial charge in [-0.15, -0.1) is 0 Å². The molecular weight excluding hydrogens is 443 g/mol. The van der Waals surface area contributed by atoms with E-state index in [0.717, 1.165) is 4.70 Å². The number of benzene rings is 3. The summed E-state index contributed by atoms with van der Waals surface area (Å²) in [7, 11) is 1.56. The van der Waals surface area contributed by atoms with Gasteiger partial charge in [-0.25, -0.2) is 9.37 Å². The molecule has 33 heavy (non-hydrogen) atoms. The summed E-state index contributed by atoms with van der Waals surface area (Å²) >= 11 is 1.23. The first kappa shape index (κ1) is 20.8. The van der Waals surface area contributed by atoms with Crippen LogP contribution in [-0.2, 0) is 4.79 Å². The molecule has 0 spiro atoms. The van der Waals surface area contributed by atoms with Crippen molar-refractivity contribution in [2.24, 2.45) is 0 Å². The summed E-state index contributed by atoms with van der Waals surface area (Å²) in [6, 6.07) is 18.2. The van der Waals surface area contributed by atoms with Gasteiger partial charge in [0.2, 0.25) is 0 Å². The lowest BCUT2D eigenvalue weighted by Gasteiger charge is -2.24. The maximum absolute atomic E-state index is 13.6. The molecule has 1 aliphatic rings. The Kier molecular flexibility index (Phi) is 5.14. The van der Waals surface area contributed by atoms with Crippen molar-refractivity contribution in [2.75, 3.05) is 12.0 Å². The molecular formula is C25H17FN2O4S. The number of carbonyl (C=O) groups excluding carboxylic acids is 2. The van der Waals surface area contributed by atoms with Crippen molar-refractivity contribution >= 4 is 38.4 Å².